The molecule has 1 aromatic heterocycles. The molecule has 2 rings (SSSR count). The third-order valence-corrected chi connectivity index (χ3v) is 3.31. The summed E-state index contributed by atoms with van der Waals surface area (Å²) in [7, 11) is 4.23. The first-order chi connectivity index (χ1) is 7.66. The molecular weight excluding hydrogens is 198 g/mol. The quantitative estimate of drug-likeness (QED) is 0.795. The lowest BCUT2D eigenvalue weighted by atomic mass is 10.1. The van der Waals surface area contributed by atoms with Gasteiger partial charge in [-0.3, -0.25) is 0 Å². The summed E-state index contributed by atoms with van der Waals surface area (Å²) < 4.78 is 2.26. The van der Waals surface area contributed by atoms with Crippen molar-refractivity contribution in [1.82, 2.24) is 9.47 Å². The number of nitrogens with zero attached hydrogens (tertiary/aromatic N) is 2. The minimum absolute atomic E-state index is 0.273. The van der Waals surface area contributed by atoms with Crippen LogP contribution in [0.4, 0.5) is 0 Å². The summed E-state index contributed by atoms with van der Waals surface area (Å²) in [6.45, 7) is 2.23. The maximum atomic E-state index is 6.17. The van der Waals surface area contributed by atoms with Crippen LogP contribution >= 0.6 is 0 Å². The molecule has 1 aliphatic rings. The first-order valence-electron chi connectivity index (χ1n) is 6.23. The van der Waals surface area contributed by atoms with Crippen molar-refractivity contribution < 1.29 is 0 Å². The molecule has 1 fully saturated rings. The van der Waals surface area contributed by atoms with E-state index in [1.54, 1.807) is 0 Å². The van der Waals surface area contributed by atoms with Crippen LogP contribution in [0.25, 0.3) is 0 Å². The van der Waals surface area contributed by atoms with E-state index in [9.17, 15) is 0 Å². The highest BCUT2D eigenvalue weighted by Crippen LogP contribution is 2.39. The molecule has 16 heavy (non-hydrogen) atoms. The highest BCUT2D eigenvalue weighted by atomic mass is 15.1. The zero-order valence-corrected chi connectivity index (χ0v) is 10.4. The highest BCUT2D eigenvalue weighted by molar-refractivity contribution is 5.17. The van der Waals surface area contributed by atoms with E-state index < -0.39 is 0 Å². The second-order valence-electron chi connectivity index (χ2n) is 5.20. The van der Waals surface area contributed by atoms with Crippen LogP contribution in [0.15, 0.2) is 18.5 Å². The van der Waals surface area contributed by atoms with Crippen LogP contribution in [-0.4, -0.2) is 30.1 Å². The third kappa shape index (κ3) is 3.09. The standard InChI is InChI=1S/C13H23N3/c1-15(2)7-3-8-16-9-6-12(10-16)13(14)11-4-5-11/h6,9-11,13H,3-5,7-8,14H2,1-2H3. The molecule has 3 heteroatoms. The fourth-order valence-electron chi connectivity index (χ4n) is 2.09. The van der Waals surface area contributed by atoms with Crippen molar-refractivity contribution in [2.75, 3.05) is 20.6 Å². The molecule has 1 heterocycles. The van der Waals surface area contributed by atoms with Crippen LogP contribution in [0.1, 0.15) is 30.9 Å². The van der Waals surface area contributed by atoms with Gasteiger partial charge in [-0.2, -0.15) is 0 Å². The van der Waals surface area contributed by atoms with E-state index in [0.29, 0.717) is 0 Å². The molecule has 0 amide bonds. The summed E-state index contributed by atoms with van der Waals surface area (Å²) in [5.74, 6) is 0.748. The van der Waals surface area contributed by atoms with Crippen molar-refractivity contribution in [3.05, 3.63) is 24.0 Å². The maximum absolute atomic E-state index is 6.17. The van der Waals surface area contributed by atoms with E-state index in [-0.39, 0.29) is 6.04 Å². The van der Waals surface area contributed by atoms with Crippen molar-refractivity contribution in [3.63, 3.8) is 0 Å². The zero-order valence-electron chi connectivity index (χ0n) is 10.4. The molecule has 0 saturated heterocycles. The Morgan fingerprint density at radius 3 is 2.88 bits per heavy atom. The van der Waals surface area contributed by atoms with Gasteiger partial charge >= 0.3 is 0 Å². The van der Waals surface area contributed by atoms with Gasteiger partial charge in [0.05, 0.1) is 0 Å². The van der Waals surface area contributed by atoms with E-state index >= 15 is 0 Å². The predicted molar refractivity (Wildman–Crippen MR) is 67.3 cm³/mol. The SMILES string of the molecule is CN(C)CCCn1ccc(C(N)C2CC2)c1. The highest BCUT2D eigenvalue weighted by Gasteiger charge is 2.29. The minimum atomic E-state index is 0.273. The first-order valence-corrected chi connectivity index (χ1v) is 6.23. The van der Waals surface area contributed by atoms with E-state index in [1.165, 1.54) is 24.8 Å². The van der Waals surface area contributed by atoms with E-state index in [1.807, 2.05) is 0 Å². The van der Waals surface area contributed by atoms with Gasteiger partial charge in [-0.1, -0.05) is 0 Å². The molecule has 90 valence electrons. The summed E-state index contributed by atoms with van der Waals surface area (Å²) in [4.78, 5) is 2.22. The van der Waals surface area contributed by atoms with Crippen molar-refractivity contribution in [3.8, 4) is 0 Å². The predicted octanol–water partition coefficient (Wildman–Crippen LogP) is 1.85. The van der Waals surface area contributed by atoms with Gasteiger partial charge in [0.25, 0.3) is 0 Å². The van der Waals surface area contributed by atoms with Crippen LogP contribution in [0, 0.1) is 5.92 Å². The topological polar surface area (TPSA) is 34.2 Å². The molecule has 0 radical (unpaired) electrons. The van der Waals surface area contributed by atoms with Crippen LogP contribution in [-0.2, 0) is 6.54 Å². The van der Waals surface area contributed by atoms with Crippen LogP contribution in [0.2, 0.25) is 0 Å². The lowest BCUT2D eigenvalue weighted by Gasteiger charge is -2.10. The number of hydrogen-bond acceptors (Lipinski definition) is 2. The number of aryl methyl sites for hydroxylation is 1. The molecule has 0 bridgehead atoms. The van der Waals surface area contributed by atoms with Gasteiger partial charge in [0.2, 0.25) is 0 Å². The Morgan fingerprint density at radius 1 is 1.50 bits per heavy atom. The lowest BCUT2D eigenvalue weighted by molar-refractivity contribution is 0.386. The van der Waals surface area contributed by atoms with Crippen LogP contribution in [0.5, 0.6) is 0 Å². The summed E-state index contributed by atoms with van der Waals surface area (Å²) in [6, 6.07) is 2.45. The van der Waals surface area contributed by atoms with Crippen molar-refractivity contribution in [2.24, 2.45) is 11.7 Å². The van der Waals surface area contributed by atoms with E-state index in [0.717, 1.165) is 19.0 Å². The lowest BCUT2D eigenvalue weighted by Crippen LogP contribution is -2.15. The summed E-state index contributed by atoms with van der Waals surface area (Å²) >= 11 is 0. The number of nitrogens with two attached hydrogens (primary N) is 1. The normalized spacial score (nSPS) is 18.0. The second-order valence-corrected chi connectivity index (χ2v) is 5.20. The average Bonchev–Trinajstić information content (AvgIpc) is 2.97. The molecule has 0 spiro atoms. The Balaban J connectivity index is 1.82. The molecule has 0 aromatic carbocycles. The molecule has 2 N–H and O–H groups in total. The molecule has 3 nitrogen and oxygen atoms in total. The van der Waals surface area contributed by atoms with Gasteiger partial charge in [0.1, 0.15) is 0 Å². The minimum Gasteiger partial charge on any atom is -0.354 e. The van der Waals surface area contributed by atoms with Crippen molar-refractivity contribution in [1.29, 1.82) is 0 Å². The number of hydrogen-bond donors (Lipinski definition) is 1. The van der Waals surface area contributed by atoms with Gasteiger partial charge in [-0.05, 0) is 57.5 Å². The Bertz CT molecular complexity index is 326. The van der Waals surface area contributed by atoms with Crippen molar-refractivity contribution in [2.45, 2.75) is 31.8 Å². The molecular formula is C13H23N3. The maximum Gasteiger partial charge on any atom is 0.0338 e. The number of aromatic nitrogens is 1. The first kappa shape index (κ1) is 11.7. The Morgan fingerprint density at radius 2 is 2.25 bits per heavy atom. The van der Waals surface area contributed by atoms with Crippen LogP contribution < -0.4 is 5.73 Å². The Kier molecular flexibility index (Phi) is 3.66. The molecule has 1 atom stereocenters. The second kappa shape index (κ2) is 5.02. The van der Waals surface area contributed by atoms with E-state index in [2.05, 4.69) is 42.0 Å². The average molecular weight is 221 g/mol. The van der Waals surface area contributed by atoms with E-state index in [4.69, 9.17) is 5.73 Å². The Labute approximate surface area is 98.2 Å². The van der Waals surface area contributed by atoms with Gasteiger partial charge in [0.15, 0.2) is 0 Å². The monoisotopic (exact) mass is 221 g/mol. The van der Waals surface area contributed by atoms with Crippen LogP contribution in [0.3, 0.4) is 0 Å². The Hall–Kier alpha value is -0.800. The molecule has 1 unspecified atom stereocenters. The summed E-state index contributed by atoms with van der Waals surface area (Å²) in [5.41, 5.74) is 7.48. The summed E-state index contributed by atoms with van der Waals surface area (Å²) in [5, 5.41) is 0. The van der Waals surface area contributed by atoms with Gasteiger partial charge in [-0.25, -0.2) is 0 Å². The molecule has 0 aliphatic heterocycles. The van der Waals surface area contributed by atoms with Gasteiger partial charge < -0.3 is 15.2 Å². The summed E-state index contributed by atoms with van der Waals surface area (Å²) in [6.07, 6.45) is 8.20. The largest absolute Gasteiger partial charge is 0.354 e. The smallest absolute Gasteiger partial charge is 0.0338 e. The fourth-order valence-corrected chi connectivity index (χ4v) is 2.09. The third-order valence-electron chi connectivity index (χ3n) is 3.31. The number of rotatable bonds is 6. The molecule has 1 aromatic rings. The van der Waals surface area contributed by atoms with Gasteiger partial charge in [0, 0.05) is 25.0 Å². The zero-order chi connectivity index (χ0) is 11.5. The molecule has 1 aliphatic carbocycles. The molecule has 1 saturated carbocycles. The fraction of sp³-hybridized carbons (Fsp3) is 0.692. The van der Waals surface area contributed by atoms with Gasteiger partial charge in [-0.15, -0.1) is 0 Å². The van der Waals surface area contributed by atoms with Crippen molar-refractivity contribution >= 4 is 0 Å².